The van der Waals surface area contributed by atoms with E-state index >= 15 is 0 Å². The molecule has 0 fully saturated rings. The minimum Gasteiger partial charge on any atom is -0.355 e. The molecular weight excluding hydrogens is 424 g/mol. The molecule has 0 amide bonds. The second-order valence-electron chi connectivity index (χ2n) is 6.98. The van der Waals surface area contributed by atoms with Gasteiger partial charge in [0, 0.05) is 39.1 Å². The van der Waals surface area contributed by atoms with Gasteiger partial charge >= 0.3 is 0 Å². The molecule has 2 aliphatic heterocycles. The normalized spacial score (nSPS) is 11.4. The second-order valence-corrected chi connectivity index (χ2v) is 6.98. The molecule has 152 valence electrons. The number of hydrogen-bond acceptors (Lipinski definition) is 2. The molecule has 4 aromatic rings. The molecule has 0 saturated heterocycles. The fraction of sp³-hybridized carbons (Fsp3) is 0. The van der Waals surface area contributed by atoms with Gasteiger partial charge in [-0.15, -0.1) is 0 Å². The van der Waals surface area contributed by atoms with E-state index in [0.717, 1.165) is 44.8 Å². The number of aromatic amines is 2. The Kier molecular flexibility index (Phi) is 6.27. The van der Waals surface area contributed by atoms with Crippen molar-refractivity contribution in [1.29, 1.82) is 0 Å². The maximum Gasteiger partial charge on any atom is 0.0659 e. The van der Waals surface area contributed by atoms with Crippen molar-refractivity contribution < 1.29 is 17.1 Å². The summed E-state index contributed by atoms with van der Waals surface area (Å²) in [6, 6.07) is 28.9. The molecule has 5 heteroatoms. The van der Waals surface area contributed by atoms with Crippen LogP contribution in [0.1, 0.15) is 22.8 Å². The van der Waals surface area contributed by atoms with Gasteiger partial charge in [0.1, 0.15) is 0 Å². The van der Waals surface area contributed by atoms with Crippen LogP contribution in [-0.4, -0.2) is 19.9 Å². The van der Waals surface area contributed by atoms with E-state index in [2.05, 4.69) is 56.3 Å². The van der Waals surface area contributed by atoms with Crippen LogP contribution in [0, 0.1) is 6.07 Å². The van der Waals surface area contributed by atoms with Crippen LogP contribution in [0.2, 0.25) is 0 Å². The Hall–Kier alpha value is -3.66. The number of fused-ring (bicyclic) bond motifs is 8. The molecule has 3 aromatic heterocycles. The Morgan fingerprint density at radius 3 is 1.32 bits per heavy atom. The largest absolute Gasteiger partial charge is 0.355 e. The molecule has 4 nitrogen and oxygen atoms in total. The number of hydrogen-bond donors (Lipinski definition) is 2. The van der Waals surface area contributed by atoms with E-state index in [1.807, 2.05) is 72.8 Å². The van der Waals surface area contributed by atoms with E-state index in [-0.39, 0.29) is 17.1 Å². The average molecular weight is 443 g/mol. The van der Waals surface area contributed by atoms with Crippen LogP contribution >= 0.6 is 0 Å². The van der Waals surface area contributed by atoms with Crippen LogP contribution in [0.3, 0.4) is 0 Å². The summed E-state index contributed by atoms with van der Waals surface area (Å²) in [4.78, 5) is 16.0. The quantitative estimate of drug-likeness (QED) is 0.219. The molecule has 31 heavy (non-hydrogen) atoms. The van der Waals surface area contributed by atoms with Crippen LogP contribution < -0.4 is 0 Å². The molecule has 1 aromatic carbocycles. The van der Waals surface area contributed by atoms with Gasteiger partial charge in [-0.25, -0.2) is 9.97 Å². The predicted molar refractivity (Wildman–Crippen MR) is 124 cm³/mol. The molecule has 5 heterocycles. The average Bonchev–Trinajstić information content (AvgIpc) is 3.56. The molecule has 0 spiro atoms. The molecule has 2 aliphatic rings. The minimum atomic E-state index is 0. The van der Waals surface area contributed by atoms with Crippen LogP contribution in [0.5, 0.6) is 0 Å². The molecule has 0 aliphatic carbocycles. The smallest absolute Gasteiger partial charge is 0.0659 e. The summed E-state index contributed by atoms with van der Waals surface area (Å²) in [5, 5.41) is 0. The summed E-state index contributed by atoms with van der Waals surface area (Å²) in [6.07, 6.45) is 8.05. The molecule has 0 saturated carbocycles. The predicted octanol–water partition coefficient (Wildman–Crippen LogP) is 6.14. The van der Waals surface area contributed by atoms with Crippen molar-refractivity contribution in [2.75, 3.05) is 0 Å². The summed E-state index contributed by atoms with van der Waals surface area (Å²) in [5.41, 5.74) is 7.86. The van der Waals surface area contributed by atoms with Crippen LogP contribution in [-0.2, 0) is 17.1 Å². The van der Waals surface area contributed by atoms with Gasteiger partial charge in [-0.2, -0.15) is 36.4 Å². The van der Waals surface area contributed by atoms with E-state index in [4.69, 9.17) is 0 Å². The Bertz CT molecular complexity index is 1280. The maximum atomic E-state index is 4.62. The Morgan fingerprint density at radius 2 is 0.935 bits per heavy atom. The summed E-state index contributed by atoms with van der Waals surface area (Å²) in [5.74, 6) is 0. The van der Waals surface area contributed by atoms with Crippen molar-refractivity contribution in [3.05, 3.63) is 108 Å². The topological polar surface area (TPSA) is 57.4 Å². The Balaban J connectivity index is 0.000000288. The van der Waals surface area contributed by atoms with E-state index in [9.17, 15) is 0 Å². The SMILES string of the molecule is C1=Cc2cc3ccc(cc4ccc(cc5nc(cc1n2)C=C5)[nH]4)[nH]3.[Fe].[c-]1ccccc1. The van der Waals surface area contributed by atoms with Gasteiger partial charge in [0.2, 0.25) is 0 Å². The zero-order valence-electron chi connectivity index (χ0n) is 16.6. The van der Waals surface area contributed by atoms with Crippen molar-refractivity contribution >= 4 is 46.4 Å². The fourth-order valence-electron chi connectivity index (χ4n) is 3.29. The van der Waals surface area contributed by atoms with E-state index in [0.29, 0.717) is 0 Å². The first-order valence-electron chi connectivity index (χ1n) is 9.76. The zero-order chi connectivity index (χ0) is 20.2. The summed E-state index contributed by atoms with van der Waals surface area (Å²) in [6.45, 7) is 0. The monoisotopic (exact) mass is 443 g/mol. The summed E-state index contributed by atoms with van der Waals surface area (Å²) < 4.78 is 0. The number of aromatic nitrogens is 4. The first-order valence-corrected chi connectivity index (χ1v) is 9.76. The van der Waals surface area contributed by atoms with E-state index < -0.39 is 0 Å². The van der Waals surface area contributed by atoms with Gasteiger partial charge < -0.3 is 9.97 Å². The van der Waals surface area contributed by atoms with Crippen molar-refractivity contribution in [2.45, 2.75) is 0 Å². The van der Waals surface area contributed by atoms with Gasteiger partial charge in [0.25, 0.3) is 0 Å². The van der Waals surface area contributed by atoms with Gasteiger partial charge in [-0.1, -0.05) is 0 Å². The number of nitrogens with zero attached hydrogens (tertiary/aromatic N) is 2. The first-order chi connectivity index (χ1) is 14.8. The van der Waals surface area contributed by atoms with Crippen LogP contribution in [0.4, 0.5) is 0 Å². The van der Waals surface area contributed by atoms with Gasteiger partial charge in [-0.05, 0) is 72.8 Å². The molecule has 8 bridgehead atoms. The fourth-order valence-corrected chi connectivity index (χ4v) is 3.29. The third-order valence-corrected chi connectivity index (χ3v) is 4.65. The molecular formula is C26H19FeN4-. The second kappa shape index (κ2) is 9.43. The molecule has 2 N–H and O–H groups in total. The first kappa shape index (κ1) is 20.6. The number of benzene rings is 1. The summed E-state index contributed by atoms with van der Waals surface area (Å²) in [7, 11) is 0. The minimum absolute atomic E-state index is 0. The number of H-pyrrole nitrogens is 2. The van der Waals surface area contributed by atoms with E-state index in [1.165, 1.54) is 0 Å². The molecule has 0 unspecified atom stereocenters. The van der Waals surface area contributed by atoms with Gasteiger partial charge in [0.05, 0.1) is 22.8 Å². The van der Waals surface area contributed by atoms with Crippen molar-refractivity contribution in [1.82, 2.24) is 19.9 Å². The molecule has 0 atom stereocenters. The molecule has 0 radical (unpaired) electrons. The van der Waals surface area contributed by atoms with Crippen molar-refractivity contribution in [3.8, 4) is 0 Å². The van der Waals surface area contributed by atoms with Gasteiger partial charge in [0.15, 0.2) is 0 Å². The maximum absolute atomic E-state index is 4.62. The zero-order valence-corrected chi connectivity index (χ0v) is 17.7. The Labute approximate surface area is 190 Å². The van der Waals surface area contributed by atoms with Gasteiger partial charge in [-0.3, -0.25) is 0 Å². The third kappa shape index (κ3) is 5.28. The Morgan fingerprint density at radius 1 is 0.516 bits per heavy atom. The van der Waals surface area contributed by atoms with Crippen molar-refractivity contribution in [2.24, 2.45) is 0 Å². The number of nitrogens with one attached hydrogen (secondary N) is 2. The summed E-state index contributed by atoms with van der Waals surface area (Å²) >= 11 is 0. The number of rotatable bonds is 0. The van der Waals surface area contributed by atoms with E-state index in [1.54, 1.807) is 0 Å². The van der Waals surface area contributed by atoms with Crippen LogP contribution in [0.25, 0.3) is 46.4 Å². The van der Waals surface area contributed by atoms with Crippen molar-refractivity contribution in [3.63, 3.8) is 0 Å². The molecule has 6 rings (SSSR count). The third-order valence-electron chi connectivity index (χ3n) is 4.65. The van der Waals surface area contributed by atoms with Crippen LogP contribution in [0.15, 0.2) is 78.9 Å². The standard InChI is InChI=1S/C20H14N4.C6H5.Fe/c1-2-14-10-16-5-6-18(23-16)12-20-8-7-19(24-20)11-17-4-3-15(22-17)9-13(1)21-14;1-2-4-6-5-3-1;/h1-12,21-22H;1-5H;/q;-1;.